The van der Waals surface area contributed by atoms with Crippen LogP contribution >= 0.6 is 0 Å². The molecule has 0 aliphatic heterocycles. The zero-order chi connectivity index (χ0) is 15.4. The molecular weight excluding hydrogens is 292 g/mol. The molecule has 1 aromatic carbocycles. The average molecular weight is 317 g/mol. The molecule has 1 rings (SSSR count). The van der Waals surface area contributed by atoms with Crippen molar-refractivity contribution in [1.82, 2.24) is 5.32 Å². The van der Waals surface area contributed by atoms with Gasteiger partial charge in [-0.15, -0.1) is 0 Å². The Kier molecular flexibility index (Phi) is 12.9. The summed E-state index contributed by atoms with van der Waals surface area (Å²) in [6, 6.07) is 10.6. The fraction of sp³-hybridized carbons (Fsp3) is 0.400. The summed E-state index contributed by atoms with van der Waals surface area (Å²) < 4.78 is 0.966. The number of nitrogens with one attached hydrogen (secondary N) is 1. The second-order valence-electron chi connectivity index (χ2n) is 5.03. The third-order valence-corrected chi connectivity index (χ3v) is 2.46. The summed E-state index contributed by atoms with van der Waals surface area (Å²) in [4.78, 5) is 9.58. The zero-order valence-corrected chi connectivity index (χ0v) is 13.4. The van der Waals surface area contributed by atoms with Crippen LogP contribution in [0.3, 0.4) is 0 Å². The summed E-state index contributed by atoms with van der Waals surface area (Å²) in [5.74, 6) is -0.964. The van der Waals surface area contributed by atoms with Crippen molar-refractivity contribution in [2.75, 3.05) is 33.9 Å². The molecule has 5 nitrogen and oxygen atoms in total. The van der Waals surface area contributed by atoms with Crippen molar-refractivity contribution in [3.63, 3.8) is 0 Å². The number of aliphatic hydroxyl groups is 1. The lowest BCUT2D eigenvalue weighted by atomic mass is 10.2. The highest BCUT2D eigenvalue weighted by Crippen LogP contribution is 2.08. The minimum atomic E-state index is -0.964. The molecule has 21 heavy (non-hydrogen) atoms. The predicted molar refractivity (Wildman–Crippen MR) is 80.0 cm³/mol. The van der Waals surface area contributed by atoms with Crippen LogP contribution in [0.5, 0.6) is 0 Å². The van der Waals surface area contributed by atoms with E-state index in [0.29, 0.717) is 0 Å². The van der Waals surface area contributed by atoms with E-state index in [-0.39, 0.29) is 25.7 Å². The quantitative estimate of drug-likeness (QED) is 0.311. The van der Waals surface area contributed by atoms with E-state index in [9.17, 15) is 4.79 Å². The normalized spacial score (nSPS) is 9.86. The van der Waals surface area contributed by atoms with Gasteiger partial charge in [0.25, 0.3) is 0 Å². The number of carbonyl (C=O) groups is 1. The van der Waals surface area contributed by atoms with Crippen LogP contribution in [0.2, 0.25) is 0 Å². The fourth-order valence-electron chi connectivity index (χ4n) is 1.65. The minimum absolute atomic E-state index is 0. The van der Waals surface area contributed by atoms with Crippen molar-refractivity contribution >= 4 is 5.97 Å². The van der Waals surface area contributed by atoms with E-state index in [1.54, 1.807) is 0 Å². The predicted octanol–water partition coefficient (Wildman–Crippen LogP) is -1.94. The summed E-state index contributed by atoms with van der Waals surface area (Å²) in [5.41, 5.74) is 1.38. The maximum absolute atomic E-state index is 9.58. The first-order valence-electron chi connectivity index (χ1n) is 6.41. The van der Waals surface area contributed by atoms with Gasteiger partial charge in [0, 0.05) is 5.56 Å². The molecule has 0 fully saturated rings. The number of halogens is 1. The van der Waals surface area contributed by atoms with E-state index < -0.39 is 5.97 Å². The Hall–Kier alpha value is -1.40. The van der Waals surface area contributed by atoms with Gasteiger partial charge in [-0.2, -0.15) is 0 Å². The van der Waals surface area contributed by atoms with Gasteiger partial charge >= 0.3 is 5.97 Å². The average Bonchev–Trinajstić information content (AvgIpc) is 2.37. The number of carboxylic acids is 1. The van der Waals surface area contributed by atoms with Crippen molar-refractivity contribution in [2.24, 2.45) is 0 Å². The van der Waals surface area contributed by atoms with Crippen LogP contribution in [0, 0.1) is 0 Å². The summed E-state index contributed by atoms with van der Waals surface area (Å²) in [7, 11) is 4.43. The molecule has 0 aliphatic carbocycles. The Morgan fingerprint density at radius 2 is 1.90 bits per heavy atom. The maximum Gasteiger partial charge on any atom is 0.317 e. The Balaban J connectivity index is 0. The Morgan fingerprint density at radius 3 is 2.29 bits per heavy atom. The lowest BCUT2D eigenvalue weighted by Gasteiger charge is -2.28. The number of hydrogen-bond acceptors (Lipinski definition) is 3. The molecule has 0 radical (unpaired) electrons. The number of quaternary nitrogens is 1. The molecule has 0 saturated heterocycles. The van der Waals surface area contributed by atoms with Crippen molar-refractivity contribution in [3.8, 4) is 0 Å². The standard InChI is InChI=1S/C12H18N.C3H7NO3.ClH/c1-4-10-13(2,3)11-12-8-6-5-7-9-12;5-2-4-1-3(6)7;/h4-9H,1,10-11H2,2-3H3;4-5H,1-2H2,(H,6,7);1H/q+1;;/p-1. The van der Waals surface area contributed by atoms with Crippen molar-refractivity contribution in [1.29, 1.82) is 0 Å². The van der Waals surface area contributed by atoms with Gasteiger partial charge in [-0.3, -0.25) is 10.1 Å². The highest BCUT2D eigenvalue weighted by Gasteiger charge is 2.12. The molecule has 1 aromatic rings. The summed E-state index contributed by atoms with van der Waals surface area (Å²) in [6.07, 6.45) is 1.98. The van der Waals surface area contributed by atoms with E-state index in [1.807, 2.05) is 6.08 Å². The van der Waals surface area contributed by atoms with Gasteiger partial charge in [-0.25, -0.2) is 0 Å². The number of carboxylic acid groups (broad SMARTS) is 1. The smallest absolute Gasteiger partial charge is 0.317 e. The van der Waals surface area contributed by atoms with E-state index in [4.69, 9.17) is 10.2 Å². The zero-order valence-electron chi connectivity index (χ0n) is 12.6. The maximum atomic E-state index is 9.58. The van der Waals surface area contributed by atoms with Gasteiger partial charge in [0.2, 0.25) is 0 Å². The van der Waals surface area contributed by atoms with Crippen LogP contribution in [-0.2, 0) is 11.3 Å². The molecule has 0 aromatic heterocycles. The largest absolute Gasteiger partial charge is 1.00 e. The van der Waals surface area contributed by atoms with E-state index in [2.05, 4.69) is 56.3 Å². The lowest BCUT2D eigenvalue weighted by molar-refractivity contribution is -0.897. The van der Waals surface area contributed by atoms with Gasteiger partial charge < -0.3 is 27.1 Å². The molecule has 3 N–H and O–H groups in total. The number of benzene rings is 1. The first-order valence-corrected chi connectivity index (χ1v) is 6.41. The first-order chi connectivity index (χ1) is 9.41. The van der Waals surface area contributed by atoms with Crippen molar-refractivity contribution < 1.29 is 31.9 Å². The van der Waals surface area contributed by atoms with Crippen molar-refractivity contribution in [2.45, 2.75) is 6.54 Å². The number of hydrogen-bond donors (Lipinski definition) is 3. The molecule has 0 atom stereocenters. The van der Waals surface area contributed by atoms with Crippen LogP contribution in [0.25, 0.3) is 0 Å². The van der Waals surface area contributed by atoms with E-state index in [0.717, 1.165) is 17.6 Å². The highest BCUT2D eigenvalue weighted by atomic mass is 35.5. The first kappa shape index (κ1) is 21.9. The van der Waals surface area contributed by atoms with E-state index >= 15 is 0 Å². The van der Waals surface area contributed by atoms with Gasteiger partial charge in [0.05, 0.1) is 33.9 Å². The SMILES string of the molecule is C=CC[N+](C)(C)Cc1ccccc1.O=C(O)CNCO.[Cl-]. The molecule has 0 bridgehead atoms. The van der Waals surface area contributed by atoms with E-state index in [1.165, 1.54) is 5.56 Å². The van der Waals surface area contributed by atoms with Crippen molar-refractivity contribution in [3.05, 3.63) is 48.6 Å². The third-order valence-electron chi connectivity index (χ3n) is 2.46. The summed E-state index contributed by atoms with van der Waals surface area (Å²) in [5, 5.41) is 18.0. The Morgan fingerprint density at radius 1 is 1.33 bits per heavy atom. The van der Waals surface area contributed by atoms with Crippen LogP contribution in [0.4, 0.5) is 0 Å². The van der Waals surface area contributed by atoms with Crippen LogP contribution in [-0.4, -0.2) is 54.6 Å². The third kappa shape index (κ3) is 13.3. The highest BCUT2D eigenvalue weighted by molar-refractivity contribution is 5.68. The fourth-order valence-corrected chi connectivity index (χ4v) is 1.65. The Labute approximate surface area is 132 Å². The minimum Gasteiger partial charge on any atom is -1.00 e. The summed E-state index contributed by atoms with van der Waals surface area (Å²) >= 11 is 0. The van der Waals surface area contributed by atoms with Crippen LogP contribution in [0.1, 0.15) is 5.56 Å². The van der Waals surface area contributed by atoms with Gasteiger partial charge in [0.1, 0.15) is 6.54 Å². The van der Waals surface area contributed by atoms with Gasteiger partial charge in [0.15, 0.2) is 0 Å². The van der Waals surface area contributed by atoms with Crippen LogP contribution in [0.15, 0.2) is 43.0 Å². The van der Waals surface area contributed by atoms with Gasteiger partial charge in [-0.1, -0.05) is 36.9 Å². The van der Waals surface area contributed by atoms with Crippen LogP contribution < -0.4 is 17.7 Å². The van der Waals surface area contributed by atoms with Gasteiger partial charge in [-0.05, 0) is 6.08 Å². The molecule has 0 heterocycles. The summed E-state index contributed by atoms with van der Waals surface area (Å²) in [6.45, 7) is 5.37. The molecule has 0 unspecified atom stereocenters. The molecule has 0 spiro atoms. The molecule has 0 aliphatic rings. The monoisotopic (exact) mass is 316 g/mol. The topological polar surface area (TPSA) is 69.6 Å². The second kappa shape index (κ2) is 12.3. The number of likely N-dealkylation sites (N-methyl/N-ethyl adjacent to an activating group) is 1. The molecular formula is C15H25ClN2O3. The number of aliphatic hydroxyl groups excluding tert-OH is 1. The molecule has 0 saturated carbocycles. The number of aliphatic carboxylic acids is 1. The molecule has 0 amide bonds. The second-order valence-corrected chi connectivity index (χ2v) is 5.03. The Bertz CT molecular complexity index is 397. The number of nitrogens with zero attached hydrogens (tertiary/aromatic N) is 1. The molecule has 120 valence electrons. The lowest BCUT2D eigenvalue weighted by Crippen LogP contribution is -3.00. The molecule has 6 heteroatoms. The number of rotatable bonds is 7.